The molecule has 0 unspecified atom stereocenters. The zero-order valence-electron chi connectivity index (χ0n) is 10.7. The number of carbonyl (C=O) groups is 1. The number of benzene rings is 2. The van der Waals surface area contributed by atoms with Crippen molar-refractivity contribution in [3.63, 3.8) is 0 Å². The Morgan fingerprint density at radius 3 is 2.43 bits per heavy atom. The molecule has 0 aliphatic carbocycles. The Morgan fingerprint density at radius 1 is 1.05 bits per heavy atom. The predicted molar refractivity (Wildman–Crippen MR) is 76.7 cm³/mol. The summed E-state index contributed by atoms with van der Waals surface area (Å²) >= 11 is 1.37. The number of aromatic nitrogens is 4. The SMILES string of the molecule is O=C(O)c1ccc(Sc2nnnn2-c2ccccc2)cc1. The standard InChI is InChI=1S/C14H10N4O2S/c19-13(20)10-6-8-12(9-7-10)21-14-15-16-17-18(14)11-4-2-1-3-5-11/h1-9H,(H,19,20). The summed E-state index contributed by atoms with van der Waals surface area (Å²) in [5.74, 6) is -0.944. The zero-order chi connectivity index (χ0) is 14.7. The maximum absolute atomic E-state index is 10.8. The van der Waals surface area contributed by atoms with Crippen molar-refractivity contribution in [2.75, 3.05) is 0 Å². The molecule has 0 saturated carbocycles. The molecule has 0 aliphatic heterocycles. The number of aromatic carboxylic acids is 1. The van der Waals surface area contributed by atoms with Crippen LogP contribution in [-0.2, 0) is 0 Å². The predicted octanol–water partition coefficient (Wildman–Crippen LogP) is 2.51. The van der Waals surface area contributed by atoms with E-state index in [1.807, 2.05) is 30.3 Å². The van der Waals surface area contributed by atoms with E-state index in [2.05, 4.69) is 15.5 Å². The highest BCUT2D eigenvalue weighted by Gasteiger charge is 2.10. The highest BCUT2D eigenvalue weighted by atomic mass is 32.2. The average Bonchev–Trinajstić information content (AvgIpc) is 2.97. The van der Waals surface area contributed by atoms with E-state index in [1.54, 1.807) is 28.9 Å². The van der Waals surface area contributed by atoms with Crippen LogP contribution in [0.5, 0.6) is 0 Å². The van der Waals surface area contributed by atoms with Gasteiger partial charge in [0.25, 0.3) is 0 Å². The third-order valence-electron chi connectivity index (χ3n) is 2.75. The summed E-state index contributed by atoms with van der Waals surface area (Å²) in [7, 11) is 0. The Hall–Kier alpha value is -2.67. The molecule has 0 saturated heterocycles. The number of hydrogen-bond acceptors (Lipinski definition) is 5. The van der Waals surface area contributed by atoms with Gasteiger partial charge in [0.05, 0.1) is 11.3 Å². The molecule has 0 spiro atoms. The van der Waals surface area contributed by atoms with E-state index in [4.69, 9.17) is 5.11 Å². The second kappa shape index (κ2) is 5.76. The van der Waals surface area contributed by atoms with E-state index in [1.165, 1.54) is 11.8 Å². The van der Waals surface area contributed by atoms with Crippen LogP contribution >= 0.6 is 11.8 Å². The lowest BCUT2D eigenvalue weighted by Crippen LogP contribution is -1.98. The van der Waals surface area contributed by atoms with Gasteiger partial charge in [0, 0.05) is 4.90 Å². The van der Waals surface area contributed by atoms with Crippen molar-refractivity contribution in [1.29, 1.82) is 0 Å². The molecule has 0 bridgehead atoms. The first-order valence-electron chi connectivity index (χ1n) is 6.09. The molecule has 0 amide bonds. The van der Waals surface area contributed by atoms with Crippen molar-refractivity contribution in [2.24, 2.45) is 0 Å². The number of hydrogen-bond donors (Lipinski definition) is 1. The van der Waals surface area contributed by atoms with Gasteiger partial charge in [-0.05, 0) is 58.6 Å². The van der Waals surface area contributed by atoms with Gasteiger partial charge < -0.3 is 5.11 Å². The van der Waals surface area contributed by atoms with E-state index in [-0.39, 0.29) is 5.56 Å². The molecule has 1 heterocycles. The Kier molecular flexibility index (Phi) is 3.65. The molecule has 3 rings (SSSR count). The van der Waals surface area contributed by atoms with Gasteiger partial charge in [-0.25, -0.2) is 4.79 Å². The van der Waals surface area contributed by atoms with Gasteiger partial charge in [-0.2, -0.15) is 4.68 Å². The van der Waals surface area contributed by atoms with E-state index < -0.39 is 5.97 Å². The van der Waals surface area contributed by atoms with Crippen molar-refractivity contribution in [3.8, 4) is 5.69 Å². The van der Waals surface area contributed by atoms with Crippen molar-refractivity contribution in [2.45, 2.75) is 10.1 Å². The summed E-state index contributed by atoms with van der Waals surface area (Å²) < 4.78 is 1.63. The Labute approximate surface area is 124 Å². The fraction of sp³-hybridized carbons (Fsp3) is 0. The average molecular weight is 298 g/mol. The molecule has 104 valence electrons. The summed E-state index contributed by atoms with van der Waals surface area (Å²) in [5, 5.41) is 21.1. The molecule has 6 nitrogen and oxygen atoms in total. The number of nitrogens with zero attached hydrogens (tertiary/aromatic N) is 4. The fourth-order valence-electron chi connectivity index (χ4n) is 1.74. The molecular weight excluding hydrogens is 288 g/mol. The molecule has 0 atom stereocenters. The largest absolute Gasteiger partial charge is 0.478 e. The summed E-state index contributed by atoms with van der Waals surface area (Å²) in [6.45, 7) is 0. The van der Waals surface area contributed by atoms with Crippen molar-refractivity contribution >= 4 is 17.7 Å². The summed E-state index contributed by atoms with van der Waals surface area (Å²) in [6.07, 6.45) is 0. The lowest BCUT2D eigenvalue weighted by molar-refractivity contribution is 0.0697. The van der Waals surface area contributed by atoms with Crippen molar-refractivity contribution < 1.29 is 9.90 Å². The minimum atomic E-state index is -0.944. The molecule has 2 aromatic carbocycles. The summed E-state index contributed by atoms with van der Waals surface area (Å²) in [5.41, 5.74) is 1.12. The molecule has 1 aromatic heterocycles. The highest BCUT2D eigenvalue weighted by Crippen LogP contribution is 2.27. The number of carboxylic acid groups (broad SMARTS) is 1. The van der Waals surface area contributed by atoms with E-state index >= 15 is 0 Å². The normalized spacial score (nSPS) is 10.5. The van der Waals surface area contributed by atoms with E-state index in [9.17, 15) is 4.79 Å². The Bertz CT molecular complexity index is 756. The number of rotatable bonds is 4. The number of carboxylic acids is 1. The number of tetrazole rings is 1. The van der Waals surface area contributed by atoms with Gasteiger partial charge in [-0.3, -0.25) is 0 Å². The fourth-order valence-corrected chi connectivity index (χ4v) is 2.53. The van der Waals surface area contributed by atoms with Crippen LogP contribution in [0.4, 0.5) is 0 Å². The first-order valence-corrected chi connectivity index (χ1v) is 6.91. The summed E-state index contributed by atoms with van der Waals surface area (Å²) in [6, 6.07) is 16.1. The van der Waals surface area contributed by atoms with E-state index in [0.717, 1.165) is 10.6 Å². The topological polar surface area (TPSA) is 80.9 Å². The van der Waals surface area contributed by atoms with Crippen LogP contribution in [-0.4, -0.2) is 31.3 Å². The minimum Gasteiger partial charge on any atom is -0.478 e. The Morgan fingerprint density at radius 2 is 1.76 bits per heavy atom. The van der Waals surface area contributed by atoms with Gasteiger partial charge in [0.1, 0.15) is 0 Å². The van der Waals surface area contributed by atoms with Gasteiger partial charge in [-0.1, -0.05) is 18.2 Å². The van der Waals surface area contributed by atoms with Crippen LogP contribution in [0.15, 0.2) is 64.6 Å². The molecule has 0 fully saturated rings. The van der Waals surface area contributed by atoms with Gasteiger partial charge in [0.2, 0.25) is 5.16 Å². The van der Waals surface area contributed by atoms with Crippen molar-refractivity contribution in [3.05, 3.63) is 60.2 Å². The second-order valence-electron chi connectivity index (χ2n) is 4.14. The van der Waals surface area contributed by atoms with Crippen molar-refractivity contribution in [1.82, 2.24) is 20.2 Å². The quantitative estimate of drug-likeness (QED) is 0.797. The first-order chi connectivity index (χ1) is 10.2. The maximum Gasteiger partial charge on any atom is 0.335 e. The van der Waals surface area contributed by atoms with Gasteiger partial charge >= 0.3 is 5.97 Å². The third kappa shape index (κ3) is 2.92. The molecule has 7 heteroatoms. The van der Waals surface area contributed by atoms with Crippen LogP contribution in [0.1, 0.15) is 10.4 Å². The smallest absolute Gasteiger partial charge is 0.335 e. The van der Waals surface area contributed by atoms with E-state index in [0.29, 0.717) is 5.16 Å². The van der Waals surface area contributed by atoms with Crippen LogP contribution in [0.2, 0.25) is 0 Å². The highest BCUT2D eigenvalue weighted by molar-refractivity contribution is 7.99. The molecule has 1 N–H and O–H groups in total. The minimum absolute atomic E-state index is 0.252. The lowest BCUT2D eigenvalue weighted by atomic mass is 10.2. The zero-order valence-corrected chi connectivity index (χ0v) is 11.6. The van der Waals surface area contributed by atoms with Crippen LogP contribution < -0.4 is 0 Å². The van der Waals surface area contributed by atoms with Gasteiger partial charge in [0.15, 0.2) is 0 Å². The Balaban J connectivity index is 1.86. The first kappa shape index (κ1) is 13.3. The monoisotopic (exact) mass is 298 g/mol. The van der Waals surface area contributed by atoms with Crippen LogP contribution in [0, 0.1) is 0 Å². The maximum atomic E-state index is 10.8. The molecule has 3 aromatic rings. The van der Waals surface area contributed by atoms with Crippen LogP contribution in [0.25, 0.3) is 5.69 Å². The number of para-hydroxylation sites is 1. The summed E-state index contributed by atoms with van der Waals surface area (Å²) in [4.78, 5) is 11.7. The molecular formula is C14H10N4O2S. The lowest BCUT2D eigenvalue weighted by Gasteiger charge is -2.04. The van der Waals surface area contributed by atoms with Gasteiger partial charge in [-0.15, -0.1) is 5.10 Å². The second-order valence-corrected chi connectivity index (χ2v) is 5.18. The molecule has 0 aliphatic rings. The third-order valence-corrected chi connectivity index (χ3v) is 3.70. The molecule has 0 radical (unpaired) electrons. The van der Waals surface area contributed by atoms with Crippen LogP contribution in [0.3, 0.4) is 0 Å². The molecule has 21 heavy (non-hydrogen) atoms.